The average Bonchev–Trinajstić information content (AvgIpc) is 2.72. The maximum absolute atomic E-state index is 8.63. The van der Waals surface area contributed by atoms with Crippen molar-refractivity contribution < 1.29 is 4.52 Å². The molecule has 3 nitrogen and oxygen atoms in total. The summed E-state index contributed by atoms with van der Waals surface area (Å²) < 4.78 is 5.64. The summed E-state index contributed by atoms with van der Waals surface area (Å²) >= 11 is 4.80. The van der Waals surface area contributed by atoms with Gasteiger partial charge < -0.3 is 4.52 Å². The molecular weight excluding hydrogens is 252 g/mol. The molecule has 0 saturated heterocycles. The second-order valence-electron chi connectivity index (χ2n) is 2.26. The zero-order chi connectivity index (χ0) is 9.26. The normalized spacial score (nSPS) is 9.85. The van der Waals surface area contributed by atoms with Crippen LogP contribution in [0.25, 0.3) is 10.6 Å². The van der Waals surface area contributed by atoms with Crippen LogP contribution < -0.4 is 0 Å². The molecule has 0 unspecified atom stereocenters. The summed E-state index contributed by atoms with van der Waals surface area (Å²) in [6.45, 7) is 0. The molecule has 0 aliphatic heterocycles. The Morgan fingerprint density at radius 1 is 1.62 bits per heavy atom. The van der Waals surface area contributed by atoms with Gasteiger partial charge in [0.05, 0.1) is 4.88 Å². The average molecular weight is 255 g/mol. The lowest BCUT2D eigenvalue weighted by molar-refractivity contribution is 0.430. The molecule has 0 bridgehead atoms. The molecule has 64 valence electrons. The van der Waals surface area contributed by atoms with Crippen LogP contribution in [0.5, 0.6) is 0 Å². The Bertz CT molecular complexity index is 455. The topological polar surface area (TPSA) is 49.8 Å². The van der Waals surface area contributed by atoms with E-state index in [-0.39, 0.29) is 5.69 Å². The number of nitriles is 1. The summed E-state index contributed by atoms with van der Waals surface area (Å²) in [5.41, 5.74) is 0.281. The van der Waals surface area contributed by atoms with Crippen molar-refractivity contribution in [2.45, 2.75) is 0 Å². The predicted octanol–water partition coefficient (Wildman–Crippen LogP) is 3.04. The van der Waals surface area contributed by atoms with Crippen LogP contribution >= 0.6 is 27.3 Å². The maximum atomic E-state index is 8.63. The van der Waals surface area contributed by atoms with E-state index < -0.39 is 0 Å². The molecule has 2 aromatic heterocycles. The highest BCUT2D eigenvalue weighted by atomic mass is 79.9. The minimum absolute atomic E-state index is 0.281. The molecule has 2 aromatic rings. The lowest BCUT2D eigenvalue weighted by atomic mass is 10.3. The van der Waals surface area contributed by atoms with Gasteiger partial charge >= 0.3 is 0 Å². The fourth-order valence-corrected chi connectivity index (χ4v) is 2.19. The Morgan fingerprint density at radius 3 is 3.00 bits per heavy atom. The van der Waals surface area contributed by atoms with Gasteiger partial charge in [-0.25, -0.2) is 0 Å². The second-order valence-corrected chi connectivity index (χ2v) is 4.00. The first kappa shape index (κ1) is 8.48. The Morgan fingerprint density at radius 2 is 2.46 bits per heavy atom. The van der Waals surface area contributed by atoms with E-state index in [1.54, 1.807) is 11.3 Å². The van der Waals surface area contributed by atoms with E-state index in [4.69, 9.17) is 9.78 Å². The van der Waals surface area contributed by atoms with Crippen LogP contribution in [-0.4, -0.2) is 5.16 Å². The number of thiophene rings is 1. The monoisotopic (exact) mass is 254 g/mol. The van der Waals surface area contributed by atoms with Crippen molar-refractivity contribution >= 4 is 27.3 Å². The first-order chi connectivity index (χ1) is 6.33. The third kappa shape index (κ3) is 1.39. The van der Waals surface area contributed by atoms with Gasteiger partial charge in [0.2, 0.25) is 0 Å². The molecule has 0 spiro atoms. The quantitative estimate of drug-likeness (QED) is 0.786. The molecular formula is C8H3BrN2OS. The highest BCUT2D eigenvalue weighted by Gasteiger charge is 2.15. The Kier molecular flexibility index (Phi) is 2.17. The molecule has 13 heavy (non-hydrogen) atoms. The summed E-state index contributed by atoms with van der Waals surface area (Å²) in [6, 6.07) is 5.76. The van der Waals surface area contributed by atoms with Crippen molar-refractivity contribution in [1.29, 1.82) is 5.26 Å². The summed E-state index contributed by atoms with van der Waals surface area (Å²) in [5.74, 6) is 0.617. The highest BCUT2D eigenvalue weighted by molar-refractivity contribution is 9.10. The molecule has 0 N–H and O–H groups in total. The first-order valence-electron chi connectivity index (χ1n) is 3.42. The van der Waals surface area contributed by atoms with E-state index in [0.29, 0.717) is 10.2 Å². The molecule has 0 amide bonds. The fourth-order valence-electron chi connectivity index (χ4n) is 0.909. The summed E-state index contributed by atoms with van der Waals surface area (Å²) in [6.07, 6.45) is 0. The van der Waals surface area contributed by atoms with Gasteiger partial charge in [0.25, 0.3) is 0 Å². The van der Waals surface area contributed by atoms with E-state index >= 15 is 0 Å². The van der Waals surface area contributed by atoms with Crippen LogP contribution in [-0.2, 0) is 0 Å². The standard InChI is InChI=1S/C8H3BrN2OS/c9-7-5(4-10)11-12-8(7)6-2-1-3-13-6/h1-3H. The number of aromatic nitrogens is 1. The number of halogens is 1. The number of hydrogen-bond donors (Lipinski definition) is 0. The first-order valence-corrected chi connectivity index (χ1v) is 5.09. The zero-order valence-electron chi connectivity index (χ0n) is 6.32. The van der Waals surface area contributed by atoms with Gasteiger partial charge in [-0.15, -0.1) is 11.3 Å². The lowest BCUT2D eigenvalue weighted by Gasteiger charge is -1.87. The van der Waals surface area contributed by atoms with Crippen LogP contribution in [0.3, 0.4) is 0 Å². The van der Waals surface area contributed by atoms with Crippen LogP contribution in [0.4, 0.5) is 0 Å². The SMILES string of the molecule is N#Cc1noc(-c2cccs2)c1Br. The number of rotatable bonds is 1. The van der Waals surface area contributed by atoms with E-state index in [1.165, 1.54) is 0 Å². The third-order valence-electron chi connectivity index (χ3n) is 1.49. The van der Waals surface area contributed by atoms with Gasteiger partial charge in [-0.1, -0.05) is 11.2 Å². The molecule has 2 rings (SSSR count). The smallest absolute Gasteiger partial charge is 0.198 e. The van der Waals surface area contributed by atoms with Gasteiger partial charge in [0.15, 0.2) is 11.5 Å². The maximum Gasteiger partial charge on any atom is 0.198 e. The van der Waals surface area contributed by atoms with Gasteiger partial charge in [0.1, 0.15) is 10.5 Å². The summed E-state index contributed by atoms with van der Waals surface area (Å²) in [4.78, 5) is 0.959. The number of hydrogen-bond acceptors (Lipinski definition) is 4. The molecule has 0 aliphatic carbocycles. The van der Waals surface area contributed by atoms with Crippen LogP contribution in [0.15, 0.2) is 26.5 Å². The zero-order valence-corrected chi connectivity index (χ0v) is 8.72. The highest BCUT2D eigenvalue weighted by Crippen LogP contribution is 2.33. The van der Waals surface area contributed by atoms with Gasteiger partial charge in [0, 0.05) is 0 Å². The van der Waals surface area contributed by atoms with Crippen molar-refractivity contribution in [3.63, 3.8) is 0 Å². The molecule has 5 heteroatoms. The van der Waals surface area contributed by atoms with E-state index in [2.05, 4.69) is 21.1 Å². The van der Waals surface area contributed by atoms with Crippen LogP contribution in [0, 0.1) is 11.3 Å². The summed E-state index contributed by atoms with van der Waals surface area (Å²) in [5, 5.41) is 14.2. The third-order valence-corrected chi connectivity index (χ3v) is 3.09. The van der Waals surface area contributed by atoms with Crippen LogP contribution in [0.2, 0.25) is 0 Å². The van der Waals surface area contributed by atoms with Crippen molar-refractivity contribution in [3.8, 4) is 16.7 Å². The van der Waals surface area contributed by atoms with Crippen molar-refractivity contribution in [2.24, 2.45) is 0 Å². The number of nitrogens with zero attached hydrogens (tertiary/aromatic N) is 2. The fraction of sp³-hybridized carbons (Fsp3) is 0. The van der Waals surface area contributed by atoms with Crippen molar-refractivity contribution in [1.82, 2.24) is 5.16 Å². The molecule has 0 aromatic carbocycles. The molecule has 0 fully saturated rings. The van der Waals surface area contributed by atoms with Crippen molar-refractivity contribution in [2.75, 3.05) is 0 Å². The van der Waals surface area contributed by atoms with E-state index in [9.17, 15) is 0 Å². The van der Waals surface area contributed by atoms with Crippen molar-refractivity contribution in [3.05, 3.63) is 27.7 Å². The Labute approximate surface area is 86.7 Å². The molecule has 0 atom stereocenters. The van der Waals surface area contributed by atoms with E-state index in [1.807, 2.05) is 23.6 Å². The van der Waals surface area contributed by atoms with Gasteiger partial charge in [-0.3, -0.25) is 0 Å². The van der Waals surface area contributed by atoms with Crippen LogP contribution in [0.1, 0.15) is 5.69 Å². The second kappa shape index (κ2) is 3.32. The summed E-state index contributed by atoms with van der Waals surface area (Å²) in [7, 11) is 0. The minimum Gasteiger partial charge on any atom is -0.353 e. The predicted molar refractivity (Wildman–Crippen MR) is 52.2 cm³/mol. The Hall–Kier alpha value is -1.12. The lowest BCUT2D eigenvalue weighted by Crippen LogP contribution is -1.71. The Balaban J connectivity index is 2.55. The largest absolute Gasteiger partial charge is 0.353 e. The van der Waals surface area contributed by atoms with Gasteiger partial charge in [-0.2, -0.15) is 5.26 Å². The molecule has 0 saturated carbocycles. The molecule has 2 heterocycles. The van der Waals surface area contributed by atoms with Gasteiger partial charge in [-0.05, 0) is 27.4 Å². The molecule has 0 radical (unpaired) electrons. The molecule has 0 aliphatic rings. The minimum atomic E-state index is 0.281. The van der Waals surface area contributed by atoms with E-state index in [0.717, 1.165) is 4.88 Å².